The van der Waals surface area contributed by atoms with E-state index in [0.29, 0.717) is 25.9 Å². The second-order valence-electron chi connectivity index (χ2n) is 7.90. The predicted octanol–water partition coefficient (Wildman–Crippen LogP) is 3.10. The van der Waals surface area contributed by atoms with Crippen molar-refractivity contribution in [2.75, 3.05) is 49.6 Å². The van der Waals surface area contributed by atoms with Crippen molar-refractivity contribution in [2.24, 2.45) is 0 Å². The lowest BCUT2D eigenvalue weighted by Crippen LogP contribution is -2.48. The van der Waals surface area contributed by atoms with Crippen LogP contribution in [0.15, 0.2) is 48.5 Å². The Kier molecular flexibility index (Phi) is 6.21. The number of piperazine rings is 1. The number of amides is 2. The first-order valence-corrected chi connectivity index (χ1v) is 10.7. The molecule has 1 fully saturated rings. The van der Waals surface area contributed by atoms with Crippen LogP contribution in [-0.2, 0) is 16.0 Å². The van der Waals surface area contributed by atoms with Crippen LogP contribution in [0.3, 0.4) is 0 Å². The van der Waals surface area contributed by atoms with Crippen LogP contribution in [0.5, 0.6) is 5.75 Å². The number of anilines is 2. The fourth-order valence-corrected chi connectivity index (χ4v) is 4.15. The normalized spacial score (nSPS) is 16.4. The molecule has 0 bridgehead atoms. The van der Waals surface area contributed by atoms with Gasteiger partial charge in [0.05, 0.1) is 6.61 Å². The maximum absolute atomic E-state index is 12.5. The second kappa shape index (κ2) is 9.20. The van der Waals surface area contributed by atoms with Crippen molar-refractivity contribution in [3.63, 3.8) is 0 Å². The highest BCUT2D eigenvalue weighted by atomic mass is 16.5. The average Bonchev–Trinajstić information content (AvgIpc) is 2.80. The van der Waals surface area contributed by atoms with E-state index in [2.05, 4.69) is 17.0 Å². The van der Waals surface area contributed by atoms with Gasteiger partial charge in [0.1, 0.15) is 5.75 Å². The predicted molar refractivity (Wildman–Crippen MR) is 118 cm³/mol. The molecule has 2 aromatic carbocycles. The Morgan fingerprint density at radius 1 is 1.00 bits per heavy atom. The summed E-state index contributed by atoms with van der Waals surface area (Å²) in [6.45, 7) is 3.80. The lowest BCUT2D eigenvalue weighted by molar-refractivity contribution is -0.131. The number of para-hydroxylation sites is 1. The standard InChI is InChI=1S/C24H29N3O3/c1-25-22-11-10-21(18-19(22)9-12-23(25)28)30-17-5-8-24(29)27-15-13-26(14-16-27)20-6-3-2-4-7-20/h2-4,6-7,10-11,18H,5,8-9,12-17H2,1H3. The molecule has 30 heavy (non-hydrogen) atoms. The zero-order valence-electron chi connectivity index (χ0n) is 17.5. The van der Waals surface area contributed by atoms with Gasteiger partial charge in [-0.25, -0.2) is 0 Å². The van der Waals surface area contributed by atoms with E-state index in [9.17, 15) is 9.59 Å². The zero-order chi connectivity index (χ0) is 20.9. The largest absolute Gasteiger partial charge is 0.494 e. The van der Waals surface area contributed by atoms with Gasteiger partial charge < -0.3 is 19.4 Å². The number of rotatable bonds is 6. The molecule has 0 atom stereocenters. The summed E-state index contributed by atoms with van der Waals surface area (Å²) in [5.74, 6) is 1.16. The number of benzene rings is 2. The summed E-state index contributed by atoms with van der Waals surface area (Å²) in [5.41, 5.74) is 3.32. The van der Waals surface area contributed by atoms with Crippen LogP contribution < -0.4 is 14.5 Å². The second-order valence-corrected chi connectivity index (χ2v) is 7.90. The van der Waals surface area contributed by atoms with E-state index in [-0.39, 0.29) is 11.8 Å². The van der Waals surface area contributed by atoms with Crippen LogP contribution in [0.2, 0.25) is 0 Å². The fourth-order valence-electron chi connectivity index (χ4n) is 4.15. The first-order chi connectivity index (χ1) is 14.6. The molecule has 0 aliphatic carbocycles. The lowest BCUT2D eigenvalue weighted by Gasteiger charge is -2.36. The van der Waals surface area contributed by atoms with Gasteiger partial charge in [0.2, 0.25) is 11.8 Å². The first-order valence-electron chi connectivity index (χ1n) is 10.7. The van der Waals surface area contributed by atoms with Crippen LogP contribution in [0.1, 0.15) is 24.8 Å². The highest BCUT2D eigenvalue weighted by Gasteiger charge is 2.22. The minimum atomic E-state index is 0.152. The smallest absolute Gasteiger partial charge is 0.227 e. The Balaban J connectivity index is 1.19. The minimum Gasteiger partial charge on any atom is -0.494 e. The van der Waals surface area contributed by atoms with Gasteiger partial charge in [-0.15, -0.1) is 0 Å². The van der Waals surface area contributed by atoms with Crippen molar-refractivity contribution in [3.8, 4) is 5.75 Å². The third-order valence-corrected chi connectivity index (χ3v) is 5.95. The molecular formula is C24H29N3O3. The number of aryl methyl sites for hydroxylation is 1. The Bertz CT molecular complexity index is 892. The molecule has 6 nitrogen and oxygen atoms in total. The van der Waals surface area contributed by atoms with Gasteiger partial charge in [-0.05, 0) is 48.7 Å². The van der Waals surface area contributed by atoms with Crippen LogP contribution in [0.4, 0.5) is 11.4 Å². The summed E-state index contributed by atoms with van der Waals surface area (Å²) in [5, 5.41) is 0. The van der Waals surface area contributed by atoms with E-state index in [1.165, 1.54) is 5.69 Å². The Morgan fingerprint density at radius 2 is 1.77 bits per heavy atom. The molecule has 4 rings (SSSR count). The highest BCUT2D eigenvalue weighted by molar-refractivity contribution is 5.95. The first kappa shape index (κ1) is 20.3. The van der Waals surface area contributed by atoms with Crippen molar-refractivity contribution >= 4 is 23.2 Å². The van der Waals surface area contributed by atoms with Crippen LogP contribution in [-0.4, -0.2) is 56.5 Å². The third kappa shape index (κ3) is 4.58. The molecule has 2 aliphatic rings. The van der Waals surface area contributed by atoms with E-state index >= 15 is 0 Å². The molecule has 2 aromatic rings. The molecular weight excluding hydrogens is 378 g/mol. The summed E-state index contributed by atoms with van der Waals surface area (Å²) < 4.78 is 5.86. The monoisotopic (exact) mass is 407 g/mol. The number of nitrogens with zero attached hydrogens (tertiary/aromatic N) is 3. The Morgan fingerprint density at radius 3 is 2.53 bits per heavy atom. The van der Waals surface area contributed by atoms with Crippen molar-refractivity contribution in [3.05, 3.63) is 54.1 Å². The SMILES string of the molecule is CN1C(=O)CCc2cc(OCCCC(=O)N3CCN(c4ccccc4)CC3)ccc21. The number of fused-ring (bicyclic) bond motifs is 1. The molecule has 0 N–H and O–H groups in total. The maximum atomic E-state index is 12.5. The number of hydrogen-bond acceptors (Lipinski definition) is 4. The highest BCUT2D eigenvalue weighted by Crippen LogP contribution is 2.30. The summed E-state index contributed by atoms with van der Waals surface area (Å²) in [4.78, 5) is 30.3. The Hall–Kier alpha value is -3.02. The van der Waals surface area contributed by atoms with Gasteiger partial charge in [-0.2, -0.15) is 0 Å². The van der Waals surface area contributed by atoms with Gasteiger partial charge in [-0.3, -0.25) is 9.59 Å². The van der Waals surface area contributed by atoms with E-state index in [1.807, 2.05) is 48.3 Å². The Labute approximate surface area is 178 Å². The zero-order valence-corrected chi connectivity index (χ0v) is 17.5. The third-order valence-electron chi connectivity index (χ3n) is 5.95. The molecule has 158 valence electrons. The van der Waals surface area contributed by atoms with Gasteiger partial charge in [0, 0.05) is 57.4 Å². The van der Waals surface area contributed by atoms with Gasteiger partial charge in [0.25, 0.3) is 0 Å². The van der Waals surface area contributed by atoms with Crippen molar-refractivity contribution in [1.82, 2.24) is 4.90 Å². The molecule has 2 amide bonds. The molecule has 0 spiro atoms. The summed E-state index contributed by atoms with van der Waals surface area (Å²) in [6.07, 6.45) is 2.50. The topological polar surface area (TPSA) is 53.1 Å². The van der Waals surface area contributed by atoms with Crippen LogP contribution >= 0.6 is 0 Å². The summed E-state index contributed by atoms with van der Waals surface area (Å²) >= 11 is 0. The van der Waals surface area contributed by atoms with Crippen molar-refractivity contribution in [1.29, 1.82) is 0 Å². The van der Waals surface area contributed by atoms with E-state index in [4.69, 9.17) is 4.74 Å². The number of carbonyl (C=O) groups is 2. The minimum absolute atomic E-state index is 0.152. The summed E-state index contributed by atoms with van der Waals surface area (Å²) in [7, 11) is 1.81. The number of ether oxygens (including phenoxy) is 1. The van der Waals surface area contributed by atoms with Crippen LogP contribution in [0.25, 0.3) is 0 Å². The van der Waals surface area contributed by atoms with Crippen LogP contribution in [0, 0.1) is 0 Å². The van der Waals surface area contributed by atoms with E-state index in [1.54, 1.807) is 4.90 Å². The quantitative estimate of drug-likeness (QED) is 0.691. The summed E-state index contributed by atoms with van der Waals surface area (Å²) in [6, 6.07) is 16.2. The molecule has 6 heteroatoms. The molecule has 0 aromatic heterocycles. The molecule has 2 heterocycles. The van der Waals surface area contributed by atoms with Crippen molar-refractivity contribution < 1.29 is 14.3 Å². The maximum Gasteiger partial charge on any atom is 0.227 e. The molecule has 0 radical (unpaired) electrons. The van der Waals surface area contributed by atoms with E-state index in [0.717, 1.165) is 49.6 Å². The number of carbonyl (C=O) groups excluding carboxylic acids is 2. The van der Waals surface area contributed by atoms with Gasteiger partial charge in [-0.1, -0.05) is 18.2 Å². The number of hydrogen-bond donors (Lipinski definition) is 0. The molecule has 0 saturated carbocycles. The fraction of sp³-hybridized carbons (Fsp3) is 0.417. The molecule has 0 unspecified atom stereocenters. The van der Waals surface area contributed by atoms with Crippen molar-refractivity contribution in [2.45, 2.75) is 25.7 Å². The van der Waals surface area contributed by atoms with E-state index < -0.39 is 0 Å². The molecule has 1 saturated heterocycles. The average molecular weight is 408 g/mol. The van der Waals surface area contributed by atoms with Gasteiger partial charge >= 0.3 is 0 Å². The van der Waals surface area contributed by atoms with Gasteiger partial charge in [0.15, 0.2) is 0 Å². The lowest BCUT2D eigenvalue weighted by atomic mass is 10.0. The molecule has 2 aliphatic heterocycles.